The van der Waals surface area contributed by atoms with Gasteiger partial charge in [-0.05, 0) is 49.9 Å². The number of aryl methyl sites for hydroxylation is 2. The molecule has 3 nitrogen and oxygen atoms in total. The lowest BCUT2D eigenvalue weighted by atomic mass is 10.1. The Hall–Kier alpha value is -1.65. The summed E-state index contributed by atoms with van der Waals surface area (Å²) in [4.78, 5) is 13.3. The van der Waals surface area contributed by atoms with Crippen LogP contribution in [0.5, 0.6) is 0 Å². The van der Waals surface area contributed by atoms with E-state index in [9.17, 15) is 4.79 Å². The van der Waals surface area contributed by atoms with Crippen molar-refractivity contribution in [2.45, 2.75) is 26.8 Å². The average Bonchev–Trinajstić information content (AvgIpc) is 2.90. The topological polar surface area (TPSA) is 41.1 Å². The molecule has 112 valence electrons. The van der Waals surface area contributed by atoms with Crippen LogP contribution in [0.3, 0.4) is 0 Å². The zero-order valence-electron chi connectivity index (χ0n) is 12.8. The molecule has 0 saturated heterocycles. The molecule has 0 saturated carbocycles. The number of rotatable bonds is 6. The first-order valence-electron chi connectivity index (χ1n) is 7.20. The summed E-state index contributed by atoms with van der Waals surface area (Å²) < 4.78 is 0. The van der Waals surface area contributed by atoms with Gasteiger partial charge in [0, 0.05) is 29.6 Å². The van der Waals surface area contributed by atoms with Crippen LogP contribution in [0.15, 0.2) is 35.7 Å². The molecule has 0 bridgehead atoms. The van der Waals surface area contributed by atoms with Crippen LogP contribution >= 0.6 is 11.3 Å². The summed E-state index contributed by atoms with van der Waals surface area (Å²) in [6.07, 6.45) is 0. The normalized spacial score (nSPS) is 12.1. The van der Waals surface area contributed by atoms with E-state index in [2.05, 4.69) is 35.9 Å². The zero-order valence-corrected chi connectivity index (χ0v) is 13.6. The predicted octanol–water partition coefficient (Wildman–Crippen LogP) is 3.45. The lowest BCUT2D eigenvalue weighted by Crippen LogP contribution is -2.32. The summed E-state index contributed by atoms with van der Waals surface area (Å²) in [5.74, 6) is -0.0169. The number of carbonyl (C=O) groups excluding carboxylic acids is 1. The molecule has 0 aliphatic carbocycles. The molecule has 1 atom stereocenters. The second-order valence-corrected chi connectivity index (χ2v) is 6.21. The van der Waals surface area contributed by atoms with Gasteiger partial charge in [0.25, 0.3) is 5.91 Å². The number of nitrogens with one attached hydrogen (secondary N) is 2. The lowest BCUT2D eigenvalue weighted by Gasteiger charge is -2.14. The highest BCUT2D eigenvalue weighted by Gasteiger charge is 2.09. The van der Waals surface area contributed by atoms with Crippen molar-refractivity contribution in [3.8, 4) is 0 Å². The quantitative estimate of drug-likeness (QED) is 0.803. The van der Waals surface area contributed by atoms with Crippen LogP contribution in [-0.4, -0.2) is 19.0 Å². The standard InChI is InChI=1S/C17H22N2OS/c1-12-4-6-15(7-5-12)17(20)19-10-9-18-14(3)16-13(2)8-11-21-16/h4-8,11,14,18H,9-10H2,1-3H3,(H,19,20). The Balaban J connectivity index is 1.73. The Labute approximate surface area is 130 Å². The number of carbonyl (C=O) groups is 1. The van der Waals surface area contributed by atoms with E-state index in [0.29, 0.717) is 18.2 Å². The van der Waals surface area contributed by atoms with Crippen LogP contribution in [0.1, 0.15) is 39.3 Å². The van der Waals surface area contributed by atoms with Crippen LogP contribution in [0.2, 0.25) is 0 Å². The van der Waals surface area contributed by atoms with E-state index in [0.717, 1.165) is 12.1 Å². The molecule has 2 aromatic rings. The maximum atomic E-state index is 11.9. The zero-order chi connectivity index (χ0) is 15.2. The largest absolute Gasteiger partial charge is 0.351 e. The van der Waals surface area contributed by atoms with E-state index in [1.54, 1.807) is 11.3 Å². The van der Waals surface area contributed by atoms with Crippen molar-refractivity contribution < 1.29 is 4.79 Å². The highest BCUT2D eigenvalue weighted by atomic mass is 32.1. The van der Waals surface area contributed by atoms with Crippen LogP contribution in [-0.2, 0) is 0 Å². The maximum absolute atomic E-state index is 11.9. The van der Waals surface area contributed by atoms with Gasteiger partial charge in [-0.2, -0.15) is 0 Å². The first-order valence-corrected chi connectivity index (χ1v) is 8.08. The monoisotopic (exact) mass is 302 g/mol. The molecule has 0 aliphatic rings. The van der Waals surface area contributed by atoms with E-state index in [-0.39, 0.29) is 5.91 Å². The van der Waals surface area contributed by atoms with Crippen molar-refractivity contribution in [2.24, 2.45) is 0 Å². The molecule has 1 heterocycles. The fourth-order valence-electron chi connectivity index (χ4n) is 2.19. The smallest absolute Gasteiger partial charge is 0.251 e. The molecule has 0 radical (unpaired) electrons. The molecule has 0 fully saturated rings. The molecular formula is C17H22N2OS. The van der Waals surface area contributed by atoms with Gasteiger partial charge in [-0.25, -0.2) is 0 Å². The summed E-state index contributed by atoms with van der Waals surface area (Å²) in [6.45, 7) is 7.68. The van der Waals surface area contributed by atoms with Crippen molar-refractivity contribution in [3.63, 3.8) is 0 Å². The molecular weight excluding hydrogens is 280 g/mol. The van der Waals surface area contributed by atoms with Gasteiger partial charge in [-0.1, -0.05) is 17.7 Å². The summed E-state index contributed by atoms with van der Waals surface area (Å²) in [5, 5.41) is 8.49. The molecule has 1 aromatic heterocycles. The van der Waals surface area contributed by atoms with E-state index in [4.69, 9.17) is 0 Å². The summed E-state index contributed by atoms with van der Waals surface area (Å²) in [5.41, 5.74) is 3.19. The van der Waals surface area contributed by atoms with Crippen molar-refractivity contribution in [2.75, 3.05) is 13.1 Å². The van der Waals surface area contributed by atoms with Gasteiger partial charge in [0.2, 0.25) is 0 Å². The average molecular weight is 302 g/mol. The van der Waals surface area contributed by atoms with Crippen molar-refractivity contribution >= 4 is 17.2 Å². The van der Waals surface area contributed by atoms with Gasteiger partial charge in [0.15, 0.2) is 0 Å². The number of benzene rings is 1. The third-order valence-electron chi connectivity index (χ3n) is 3.47. The Morgan fingerprint density at radius 1 is 1.14 bits per heavy atom. The van der Waals surface area contributed by atoms with Crippen LogP contribution in [0, 0.1) is 13.8 Å². The Kier molecular flexibility index (Phi) is 5.53. The molecule has 1 aromatic carbocycles. The van der Waals surface area contributed by atoms with Crippen molar-refractivity contribution in [1.29, 1.82) is 0 Å². The summed E-state index contributed by atoms with van der Waals surface area (Å²) in [7, 11) is 0. The summed E-state index contributed by atoms with van der Waals surface area (Å²) >= 11 is 1.77. The molecule has 0 spiro atoms. The fourth-order valence-corrected chi connectivity index (χ4v) is 3.15. The van der Waals surface area contributed by atoms with Gasteiger partial charge in [-0.15, -0.1) is 11.3 Å². The Morgan fingerprint density at radius 3 is 2.48 bits per heavy atom. The maximum Gasteiger partial charge on any atom is 0.251 e. The van der Waals surface area contributed by atoms with Gasteiger partial charge in [0.1, 0.15) is 0 Å². The van der Waals surface area contributed by atoms with Crippen LogP contribution in [0.4, 0.5) is 0 Å². The van der Waals surface area contributed by atoms with Gasteiger partial charge >= 0.3 is 0 Å². The highest BCUT2D eigenvalue weighted by molar-refractivity contribution is 7.10. The molecule has 1 unspecified atom stereocenters. The first kappa shape index (κ1) is 15.7. The first-order chi connectivity index (χ1) is 10.1. The van der Waals surface area contributed by atoms with Crippen LogP contribution in [0.25, 0.3) is 0 Å². The van der Waals surface area contributed by atoms with Gasteiger partial charge < -0.3 is 10.6 Å². The third kappa shape index (κ3) is 4.41. The number of hydrogen-bond acceptors (Lipinski definition) is 3. The number of thiophene rings is 1. The van der Waals surface area contributed by atoms with Crippen LogP contribution < -0.4 is 10.6 Å². The Bertz CT molecular complexity index is 589. The minimum Gasteiger partial charge on any atom is -0.351 e. The van der Waals surface area contributed by atoms with Crippen molar-refractivity contribution in [1.82, 2.24) is 10.6 Å². The second kappa shape index (κ2) is 7.38. The Morgan fingerprint density at radius 2 is 1.86 bits per heavy atom. The number of amides is 1. The van der Waals surface area contributed by atoms with Gasteiger partial charge in [0.05, 0.1) is 0 Å². The fraction of sp³-hybridized carbons (Fsp3) is 0.353. The minimum atomic E-state index is -0.0169. The van der Waals surface area contributed by atoms with E-state index >= 15 is 0 Å². The molecule has 2 N–H and O–H groups in total. The van der Waals surface area contributed by atoms with Gasteiger partial charge in [-0.3, -0.25) is 4.79 Å². The minimum absolute atomic E-state index is 0.0169. The molecule has 21 heavy (non-hydrogen) atoms. The lowest BCUT2D eigenvalue weighted by molar-refractivity contribution is 0.0953. The summed E-state index contributed by atoms with van der Waals surface area (Å²) in [6, 6.07) is 10.1. The molecule has 0 aliphatic heterocycles. The third-order valence-corrected chi connectivity index (χ3v) is 4.67. The number of hydrogen-bond donors (Lipinski definition) is 2. The SMILES string of the molecule is Cc1ccc(C(=O)NCCNC(C)c2sccc2C)cc1. The highest BCUT2D eigenvalue weighted by Crippen LogP contribution is 2.22. The van der Waals surface area contributed by atoms with E-state index < -0.39 is 0 Å². The molecule has 1 amide bonds. The second-order valence-electron chi connectivity index (χ2n) is 5.27. The van der Waals surface area contributed by atoms with E-state index in [1.807, 2.05) is 31.2 Å². The molecule has 4 heteroatoms. The van der Waals surface area contributed by atoms with E-state index in [1.165, 1.54) is 10.4 Å². The van der Waals surface area contributed by atoms with Crippen molar-refractivity contribution in [3.05, 3.63) is 57.3 Å². The molecule has 2 rings (SSSR count). The predicted molar refractivity (Wildman–Crippen MR) is 89.0 cm³/mol.